The zero-order valence-electron chi connectivity index (χ0n) is 10.7. The average Bonchev–Trinajstić information content (AvgIpc) is 2.86. The van der Waals surface area contributed by atoms with Crippen LogP contribution in [0.2, 0.25) is 0 Å². The molecule has 20 heavy (non-hydrogen) atoms. The van der Waals surface area contributed by atoms with Crippen molar-refractivity contribution in [2.75, 3.05) is 5.75 Å². The molecule has 0 aromatic carbocycles. The van der Waals surface area contributed by atoms with E-state index >= 15 is 0 Å². The van der Waals surface area contributed by atoms with Gasteiger partial charge in [-0.3, -0.25) is 9.59 Å². The topological polar surface area (TPSA) is 114 Å². The summed E-state index contributed by atoms with van der Waals surface area (Å²) < 4.78 is 0. The second kappa shape index (κ2) is 5.56. The molecule has 1 aliphatic carbocycles. The maximum absolute atomic E-state index is 12.1. The Hall–Kier alpha value is -1.99. The fourth-order valence-electron chi connectivity index (χ4n) is 3.00. The Balaban J connectivity index is 2.46. The normalized spacial score (nSPS) is 24.1. The van der Waals surface area contributed by atoms with Gasteiger partial charge in [0.2, 0.25) is 5.91 Å². The van der Waals surface area contributed by atoms with Crippen LogP contribution in [-0.4, -0.2) is 22.7 Å². The minimum absolute atomic E-state index is 0.228. The number of carbonyl (C=O) groups excluding carboxylic acids is 1. The molecule has 104 valence electrons. The van der Waals surface area contributed by atoms with E-state index in [1.807, 2.05) is 6.07 Å². The summed E-state index contributed by atoms with van der Waals surface area (Å²) in [4.78, 5) is 22.7. The zero-order valence-corrected chi connectivity index (χ0v) is 11.5. The minimum Gasteiger partial charge on any atom is -0.481 e. The molecule has 1 aliphatic heterocycles. The van der Waals surface area contributed by atoms with Crippen molar-refractivity contribution in [2.45, 2.75) is 25.7 Å². The first-order chi connectivity index (χ1) is 9.55. The lowest BCUT2D eigenvalue weighted by molar-refractivity contribution is -0.134. The second-order valence-corrected chi connectivity index (χ2v) is 5.90. The van der Waals surface area contributed by atoms with Gasteiger partial charge in [-0.15, -0.1) is 0 Å². The van der Waals surface area contributed by atoms with Crippen molar-refractivity contribution in [3.8, 4) is 12.1 Å². The van der Waals surface area contributed by atoms with E-state index in [4.69, 9.17) is 5.11 Å². The lowest BCUT2D eigenvalue weighted by Crippen LogP contribution is -2.46. The van der Waals surface area contributed by atoms with E-state index in [0.29, 0.717) is 23.4 Å². The Morgan fingerprint density at radius 3 is 2.60 bits per heavy atom. The fraction of sp³-hybridized carbons (Fsp3) is 0.538. The molecule has 1 fully saturated rings. The number of nitrogens with one attached hydrogen (secondary N) is 1. The van der Waals surface area contributed by atoms with Gasteiger partial charge in [0.15, 0.2) is 0 Å². The van der Waals surface area contributed by atoms with Crippen LogP contribution in [-0.2, 0) is 9.59 Å². The zero-order chi connectivity index (χ0) is 14.8. The predicted octanol–water partition coefficient (Wildman–Crippen LogP) is 1.37. The highest BCUT2D eigenvalue weighted by atomic mass is 32.2. The summed E-state index contributed by atoms with van der Waals surface area (Å²) in [5.74, 6) is -2.54. The molecule has 0 saturated heterocycles. The van der Waals surface area contributed by atoms with E-state index < -0.39 is 23.2 Å². The van der Waals surface area contributed by atoms with Crippen molar-refractivity contribution >= 4 is 23.6 Å². The first-order valence-corrected chi connectivity index (χ1v) is 7.23. The number of nitrogens with zero attached hydrogens (tertiary/aromatic N) is 2. The second-order valence-electron chi connectivity index (χ2n) is 4.91. The van der Waals surface area contributed by atoms with Gasteiger partial charge < -0.3 is 10.4 Å². The van der Waals surface area contributed by atoms with Crippen LogP contribution in [0.5, 0.6) is 0 Å². The van der Waals surface area contributed by atoms with E-state index in [-0.39, 0.29) is 5.75 Å². The molecular formula is C13H13N3O3S. The van der Waals surface area contributed by atoms with Gasteiger partial charge in [0, 0.05) is 5.41 Å². The molecule has 1 saturated carbocycles. The maximum atomic E-state index is 12.1. The standard InChI is InChI=1S/C13H13N3O3S/c14-5-8-11(19)16-12(20-7-10(17)18)9(6-15)13(8)3-1-2-4-13/h8H,1-4,7H2,(H,16,19)(H,17,18). The highest BCUT2D eigenvalue weighted by Gasteiger charge is 2.52. The average molecular weight is 291 g/mol. The molecule has 1 atom stereocenters. The summed E-state index contributed by atoms with van der Waals surface area (Å²) in [5.41, 5.74) is -0.362. The SMILES string of the molecule is N#CC1=C(SCC(=O)O)NC(=O)C(C#N)C12CCCC2. The Morgan fingerprint density at radius 2 is 2.10 bits per heavy atom. The van der Waals surface area contributed by atoms with Crippen molar-refractivity contribution in [3.05, 3.63) is 10.6 Å². The first kappa shape index (κ1) is 14.4. The summed E-state index contributed by atoms with van der Waals surface area (Å²) >= 11 is 0.931. The highest BCUT2D eigenvalue weighted by molar-refractivity contribution is 8.03. The smallest absolute Gasteiger partial charge is 0.313 e. The summed E-state index contributed by atoms with van der Waals surface area (Å²) in [6, 6.07) is 4.11. The van der Waals surface area contributed by atoms with Crippen LogP contribution < -0.4 is 5.32 Å². The monoisotopic (exact) mass is 291 g/mol. The number of aliphatic carboxylic acids is 1. The number of rotatable bonds is 3. The lowest BCUT2D eigenvalue weighted by Gasteiger charge is -2.37. The first-order valence-electron chi connectivity index (χ1n) is 6.25. The largest absolute Gasteiger partial charge is 0.481 e. The van der Waals surface area contributed by atoms with E-state index in [1.165, 1.54) is 0 Å². The molecule has 2 rings (SSSR count). The number of thioether (sulfide) groups is 1. The van der Waals surface area contributed by atoms with Crippen LogP contribution in [0.3, 0.4) is 0 Å². The fourth-order valence-corrected chi connectivity index (χ4v) is 3.83. The summed E-state index contributed by atoms with van der Waals surface area (Å²) in [5, 5.41) is 30.2. The van der Waals surface area contributed by atoms with Crippen LogP contribution in [0.25, 0.3) is 0 Å². The third kappa shape index (κ3) is 2.25. The van der Waals surface area contributed by atoms with Gasteiger partial charge in [-0.2, -0.15) is 10.5 Å². The number of hydrogen-bond acceptors (Lipinski definition) is 5. The van der Waals surface area contributed by atoms with E-state index in [1.54, 1.807) is 0 Å². The molecule has 0 aromatic rings. The molecule has 7 heteroatoms. The van der Waals surface area contributed by atoms with Gasteiger partial charge in [-0.05, 0) is 12.8 Å². The Bertz CT molecular complexity index is 564. The van der Waals surface area contributed by atoms with E-state index in [2.05, 4.69) is 11.4 Å². The van der Waals surface area contributed by atoms with E-state index in [0.717, 1.165) is 24.6 Å². The molecule has 0 aromatic heterocycles. The van der Waals surface area contributed by atoms with Crippen LogP contribution in [0, 0.1) is 34.0 Å². The number of carboxylic acid groups (broad SMARTS) is 1. The number of hydrogen-bond donors (Lipinski definition) is 2. The van der Waals surface area contributed by atoms with Crippen LogP contribution in [0.1, 0.15) is 25.7 Å². The predicted molar refractivity (Wildman–Crippen MR) is 70.9 cm³/mol. The highest BCUT2D eigenvalue weighted by Crippen LogP contribution is 2.53. The molecule has 1 amide bonds. The van der Waals surface area contributed by atoms with Gasteiger partial charge in [-0.25, -0.2) is 0 Å². The van der Waals surface area contributed by atoms with Crippen LogP contribution in [0.15, 0.2) is 10.6 Å². The summed E-state index contributed by atoms with van der Waals surface area (Å²) in [6.07, 6.45) is 2.98. The third-order valence-electron chi connectivity index (χ3n) is 3.85. The molecule has 0 radical (unpaired) electrons. The molecular weight excluding hydrogens is 278 g/mol. The Morgan fingerprint density at radius 1 is 1.45 bits per heavy atom. The number of carboxylic acids is 1. The van der Waals surface area contributed by atoms with Gasteiger partial charge in [0.25, 0.3) is 0 Å². The molecule has 1 spiro atoms. The van der Waals surface area contributed by atoms with Crippen LogP contribution >= 0.6 is 11.8 Å². The minimum atomic E-state index is -1.02. The van der Waals surface area contributed by atoms with Crippen molar-refractivity contribution in [3.63, 3.8) is 0 Å². The molecule has 2 N–H and O–H groups in total. The molecule has 1 heterocycles. The lowest BCUT2D eigenvalue weighted by atomic mass is 9.67. The van der Waals surface area contributed by atoms with E-state index in [9.17, 15) is 20.1 Å². The molecule has 1 unspecified atom stereocenters. The number of nitriles is 2. The summed E-state index contributed by atoms with van der Waals surface area (Å²) in [6.45, 7) is 0. The van der Waals surface area contributed by atoms with Crippen molar-refractivity contribution < 1.29 is 14.7 Å². The van der Waals surface area contributed by atoms with Gasteiger partial charge >= 0.3 is 5.97 Å². The molecule has 2 aliphatic rings. The van der Waals surface area contributed by atoms with Crippen molar-refractivity contribution in [1.82, 2.24) is 5.32 Å². The summed E-state index contributed by atoms with van der Waals surface area (Å²) in [7, 11) is 0. The molecule has 6 nitrogen and oxygen atoms in total. The number of carbonyl (C=O) groups is 2. The van der Waals surface area contributed by atoms with Crippen molar-refractivity contribution in [2.24, 2.45) is 11.3 Å². The van der Waals surface area contributed by atoms with Crippen molar-refractivity contribution in [1.29, 1.82) is 10.5 Å². The van der Waals surface area contributed by atoms with Gasteiger partial charge in [-0.1, -0.05) is 24.6 Å². The number of amides is 1. The quantitative estimate of drug-likeness (QED) is 0.811. The molecule has 0 bridgehead atoms. The maximum Gasteiger partial charge on any atom is 0.313 e. The third-order valence-corrected chi connectivity index (χ3v) is 4.84. The Labute approximate surface area is 120 Å². The van der Waals surface area contributed by atoms with Crippen LogP contribution in [0.4, 0.5) is 0 Å². The van der Waals surface area contributed by atoms with Gasteiger partial charge in [0.1, 0.15) is 5.92 Å². The Kier molecular flexibility index (Phi) is 4.01. The van der Waals surface area contributed by atoms with Gasteiger partial charge in [0.05, 0.1) is 28.5 Å². The number of allylic oxidation sites excluding steroid dienone is 1.